The maximum atomic E-state index is 9.51. The molecule has 0 bridgehead atoms. The van der Waals surface area contributed by atoms with Crippen LogP contribution in [0.15, 0.2) is 63.5 Å². The molecule has 110 valence electrons. The Hall–Kier alpha value is -2.28. The highest BCUT2D eigenvalue weighted by Gasteiger charge is 2.16. The average molecular weight is 383 g/mol. The fraction of sp³-hybridized carbons (Fsp3) is 0. The topological polar surface area (TPSA) is 36.9 Å². The Morgan fingerprint density at radius 2 is 1.74 bits per heavy atom. The van der Waals surface area contributed by atoms with Gasteiger partial charge in [-0.05, 0) is 34.1 Å². The Balaban J connectivity index is 2.14. The van der Waals surface area contributed by atoms with Crippen LogP contribution in [0.2, 0.25) is 5.02 Å². The van der Waals surface area contributed by atoms with Crippen LogP contribution < -0.4 is 0 Å². The van der Waals surface area contributed by atoms with Gasteiger partial charge in [0.15, 0.2) is 0 Å². The standard InChI is InChI=1S/C19H9BrClNO/c20-17-9-11(21)8-15(16(17)10-22)14-6-3-5-13-12-4-1-2-7-18(12)23-19(13)14/h1-9H. The van der Waals surface area contributed by atoms with Crippen LogP contribution in [0.5, 0.6) is 0 Å². The lowest BCUT2D eigenvalue weighted by atomic mass is 9.98. The molecule has 0 saturated carbocycles. The fourth-order valence-corrected chi connectivity index (χ4v) is 3.76. The Labute approximate surface area is 146 Å². The van der Waals surface area contributed by atoms with Gasteiger partial charge in [0.1, 0.15) is 17.2 Å². The van der Waals surface area contributed by atoms with E-state index in [2.05, 4.69) is 22.0 Å². The third kappa shape index (κ3) is 2.23. The molecule has 1 aromatic heterocycles. The Morgan fingerprint density at radius 1 is 0.957 bits per heavy atom. The minimum absolute atomic E-state index is 0.544. The molecule has 0 atom stereocenters. The summed E-state index contributed by atoms with van der Waals surface area (Å²) in [4.78, 5) is 0. The highest BCUT2D eigenvalue weighted by Crippen LogP contribution is 2.39. The Bertz CT molecular complexity index is 1110. The number of hydrogen-bond acceptors (Lipinski definition) is 2. The smallest absolute Gasteiger partial charge is 0.143 e. The van der Waals surface area contributed by atoms with Gasteiger partial charge in [-0.1, -0.05) is 48.0 Å². The summed E-state index contributed by atoms with van der Waals surface area (Å²) in [6.45, 7) is 0. The second kappa shape index (κ2) is 5.42. The first-order valence-electron chi connectivity index (χ1n) is 6.99. The largest absolute Gasteiger partial charge is 0.455 e. The van der Waals surface area contributed by atoms with Crippen LogP contribution in [-0.2, 0) is 0 Å². The van der Waals surface area contributed by atoms with Crippen molar-refractivity contribution in [3.05, 3.63) is 69.7 Å². The molecule has 0 aliphatic heterocycles. The van der Waals surface area contributed by atoms with Gasteiger partial charge < -0.3 is 4.42 Å². The van der Waals surface area contributed by atoms with Crippen LogP contribution >= 0.6 is 27.5 Å². The van der Waals surface area contributed by atoms with E-state index < -0.39 is 0 Å². The van der Waals surface area contributed by atoms with Gasteiger partial charge in [-0.2, -0.15) is 5.26 Å². The molecule has 0 fully saturated rings. The van der Waals surface area contributed by atoms with Gasteiger partial charge in [0, 0.05) is 31.4 Å². The van der Waals surface area contributed by atoms with Crippen LogP contribution in [0.1, 0.15) is 5.56 Å². The fourth-order valence-electron chi connectivity index (χ4n) is 2.86. The number of para-hydroxylation sites is 2. The zero-order valence-corrected chi connectivity index (χ0v) is 14.1. The molecule has 1 heterocycles. The van der Waals surface area contributed by atoms with E-state index >= 15 is 0 Å². The van der Waals surface area contributed by atoms with Crippen molar-refractivity contribution in [3.8, 4) is 17.2 Å². The lowest BCUT2D eigenvalue weighted by Gasteiger charge is -2.08. The van der Waals surface area contributed by atoms with E-state index in [0.29, 0.717) is 15.1 Å². The normalized spacial score (nSPS) is 11.0. The first-order valence-corrected chi connectivity index (χ1v) is 8.16. The molecule has 0 aliphatic carbocycles. The third-order valence-corrected chi connectivity index (χ3v) is 4.70. The van der Waals surface area contributed by atoms with Crippen LogP contribution in [0.25, 0.3) is 33.1 Å². The molecule has 0 N–H and O–H groups in total. The first kappa shape index (κ1) is 14.3. The molecular weight excluding hydrogens is 374 g/mol. The third-order valence-electron chi connectivity index (χ3n) is 3.86. The molecule has 2 nitrogen and oxygen atoms in total. The second-order valence-corrected chi connectivity index (χ2v) is 6.49. The SMILES string of the molecule is N#Cc1c(Br)cc(Cl)cc1-c1cccc2c1oc1ccccc12. The first-order chi connectivity index (χ1) is 11.2. The number of benzene rings is 3. The summed E-state index contributed by atoms with van der Waals surface area (Å²) in [5.74, 6) is 0. The van der Waals surface area contributed by atoms with E-state index in [0.717, 1.165) is 33.1 Å². The van der Waals surface area contributed by atoms with Gasteiger partial charge in [-0.15, -0.1) is 0 Å². The number of halogens is 2. The molecule has 0 spiro atoms. The van der Waals surface area contributed by atoms with E-state index in [4.69, 9.17) is 16.0 Å². The average Bonchev–Trinajstić information content (AvgIpc) is 2.93. The van der Waals surface area contributed by atoms with Crippen molar-refractivity contribution in [2.24, 2.45) is 0 Å². The van der Waals surface area contributed by atoms with Crippen LogP contribution in [0, 0.1) is 11.3 Å². The zero-order chi connectivity index (χ0) is 16.0. The summed E-state index contributed by atoms with van der Waals surface area (Å²) in [6.07, 6.45) is 0. The summed E-state index contributed by atoms with van der Waals surface area (Å²) < 4.78 is 6.73. The monoisotopic (exact) mass is 381 g/mol. The van der Waals surface area contributed by atoms with Crippen molar-refractivity contribution in [1.82, 2.24) is 0 Å². The maximum Gasteiger partial charge on any atom is 0.143 e. The maximum absolute atomic E-state index is 9.51. The number of nitrogens with zero attached hydrogens (tertiary/aromatic N) is 1. The summed E-state index contributed by atoms with van der Waals surface area (Å²) in [7, 11) is 0. The molecule has 0 amide bonds. The van der Waals surface area contributed by atoms with E-state index in [9.17, 15) is 5.26 Å². The highest BCUT2D eigenvalue weighted by atomic mass is 79.9. The van der Waals surface area contributed by atoms with Gasteiger partial charge >= 0.3 is 0 Å². The molecule has 4 rings (SSSR count). The van der Waals surface area contributed by atoms with Crippen LogP contribution in [0.3, 0.4) is 0 Å². The minimum Gasteiger partial charge on any atom is -0.455 e. The molecule has 0 radical (unpaired) electrons. The molecule has 0 saturated heterocycles. The van der Waals surface area contributed by atoms with Gasteiger partial charge in [0.25, 0.3) is 0 Å². The van der Waals surface area contributed by atoms with E-state index in [1.165, 1.54) is 0 Å². The highest BCUT2D eigenvalue weighted by molar-refractivity contribution is 9.10. The van der Waals surface area contributed by atoms with Crippen molar-refractivity contribution in [3.63, 3.8) is 0 Å². The number of rotatable bonds is 1. The lowest BCUT2D eigenvalue weighted by molar-refractivity contribution is 0.670. The molecule has 23 heavy (non-hydrogen) atoms. The van der Waals surface area contributed by atoms with Gasteiger partial charge in [-0.3, -0.25) is 0 Å². The van der Waals surface area contributed by atoms with Crippen molar-refractivity contribution in [2.75, 3.05) is 0 Å². The Kier molecular flexibility index (Phi) is 3.37. The second-order valence-electron chi connectivity index (χ2n) is 5.20. The molecule has 0 unspecified atom stereocenters. The predicted octanol–water partition coefficient (Wildman–Crippen LogP) is 6.54. The quantitative estimate of drug-likeness (QED) is 0.375. The van der Waals surface area contributed by atoms with E-state index in [1.807, 2.05) is 42.5 Å². The molecular formula is C19H9BrClNO. The van der Waals surface area contributed by atoms with Crippen LogP contribution in [0.4, 0.5) is 0 Å². The lowest BCUT2D eigenvalue weighted by Crippen LogP contribution is -1.87. The number of nitriles is 1. The number of furan rings is 1. The molecule has 0 aliphatic rings. The van der Waals surface area contributed by atoms with Crippen LogP contribution in [-0.4, -0.2) is 0 Å². The summed E-state index contributed by atoms with van der Waals surface area (Å²) >= 11 is 9.61. The predicted molar refractivity (Wildman–Crippen MR) is 96.6 cm³/mol. The van der Waals surface area contributed by atoms with Crippen molar-refractivity contribution < 1.29 is 4.42 Å². The van der Waals surface area contributed by atoms with Gasteiger partial charge in [0.05, 0.1) is 5.56 Å². The van der Waals surface area contributed by atoms with Crippen molar-refractivity contribution in [1.29, 1.82) is 5.26 Å². The summed E-state index contributed by atoms with van der Waals surface area (Å²) in [6, 6.07) is 19.6. The number of hydrogen-bond donors (Lipinski definition) is 0. The van der Waals surface area contributed by atoms with E-state index in [-0.39, 0.29) is 0 Å². The van der Waals surface area contributed by atoms with Gasteiger partial charge in [0.2, 0.25) is 0 Å². The van der Waals surface area contributed by atoms with E-state index in [1.54, 1.807) is 12.1 Å². The minimum atomic E-state index is 0.544. The number of fused-ring (bicyclic) bond motifs is 3. The van der Waals surface area contributed by atoms with Crippen molar-refractivity contribution >= 4 is 49.5 Å². The summed E-state index contributed by atoms with van der Waals surface area (Å²) in [5, 5.41) is 12.2. The Morgan fingerprint density at radius 3 is 2.57 bits per heavy atom. The molecule has 3 aromatic carbocycles. The zero-order valence-electron chi connectivity index (χ0n) is 11.8. The van der Waals surface area contributed by atoms with Gasteiger partial charge in [-0.25, -0.2) is 0 Å². The molecule has 4 aromatic rings. The molecule has 4 heteroatoms. The van der Waals surface area contributed by atoms with Crippen molar-refractivity contribution in [2.45, 2.75) is 0 Å². The summed E-state index contributed by atoms with van der Waals surface area (Å²) in [5.41, 5.74) is 3.76.